The highest BCUT2D eigenvalue weighted by Crippen LogP contribution is 2.03. The normalized spacial score (nSPS) is 12.9. The van der Waals surface area contributed by atoms with E-state index in [1.54, 1.807) is 0 Å². The number of ether oxygens (including phenoxy) is 2. The van der Waals surface area contributed by atoms with Gasteiger partial charge in [0.2, 0.25) is 0 Å². The van der Waals surface area contributed by atoms with E-state index in [1.807, 2.05) is 13.8 Å². The maximum Gasteiger partial charge on any atom is 0.310 e. The first-order valence-corrected chi connectivity index (χ1v) is 5.32. The molecule has 0 amide bonds. The van der Waals surface area contributed by atoms with Crippen molar-refractivity contribution in [1.29, 1.82) is 0 Å². The van der Waals surface area contributed by atoms with Gasteiger partial charge in [0.25, 0.3) is 0 Å². The average molecular weight is 202 g/mol. The summed E-state index contributed by atoms with van der Waals surface area (Å²) in [6.07, 6.45) is 1.04. The Bertz CT molecular complexity index is 155. The van der Waals surface area contributed by atoms with Crippen molar-refractivity contribution in [3.05, 3.63) is 0 Å². The minimum Gasteiger partial charge on any atom is -0.466 e. The molecule has 0 aromatic heterocycles. The van der Waals surface area contributed by atoms with Crippen LogP contribution >= 0.6 is 0 Å². The fourth-order valence-corrected chi connectivity index (χ4v) is 0.932. The summed E-state index contributed by atoms with van der Waals surface area (Å²) in [5, 5.41) is 0. The number of carbonyl (C=O) groups excluding carboxylic acids is 1. The molecular formula is C11H22O3. The molecule has 1 atom stereocenters. The van der Waals surface area contributed by atoms with E-state index >= 15 is 0 Å². The summed E-state index contributed by atoms with van der Waals surface area (Å²) >= 11 is 0. The molecule has 0 aliphatic carbocycles. The number of hydrogen-bond donors (Lipinski definition) is 0. The van der Waals surface area contributed by atoms with Crippen molar-refractivity contribution in [2.24, 2.45) is 11.8 Å². The standard InChI is InChI=1S/C11H22O3/c1-5-14-11(12)10(4)8-13-7-6-9(2)3/h9-10H,5-8H2,1-4H3. The first-order chi connectivity index (χ1) is 6.57. The Labute approximate surface area is 86.8 Å². The molecule has 3 nitrogen and oxygen atoms in total. The Morgan fingerprint density at radius 1 is 1.29 bits per heavy atom. The van der Waals surface area contributed by atoms with Crippen molar-refractivity contribution in [3.63, 3.8) is 0 Å². The summed E-state index contributed by atoms with van der Waals surface area (Å²) in [5.74, 6) is 0.326. The topological polar surface area (TPSA) is 35.5 Å². The van der Waals surface area contributed by atoms with E-state index in [0.29, 0.717) is 19.1 Å². The number of carbonyl (C=O) groups is 1. The summed E-state index contributed by atoms with van der Waals surface area (Å²) in [4.78, 5) is 11.2. The Morgan fingerprint density at radius 2 is 1.93 bits per heavy atom. The molecule has 0 aliphatic rings. The van der Waals surface area contributed by atoms with Gasteiger partial charge < -0.3 is 9.47 Å². The Hall–Kier alpha value is -0.570. The highest BCUT2D eigenvalue weighted by Gasteiger charge is 2.13. The maximum atomic E-state index is 11.2. The van der Waals surface area contributed by atoms with Gasteiger partial charge in [-0.3, -0.25) is 4.79 Å². The summed E-state index contributed by atoms with van der Waals surface area (Å²) < 4.78 is 10.2. The molecule has 3 heteroatoms. The molecule has 0 N–H and O–H groups in total. The van der Waals surface area contributed by atoms with E-state index in [-0.39, 0.29) is 11.9 Å². The third-order valence-corrected chi connectivity index (χ3v) is 1.90. The van der Waals surface area contributed by atoms with Crippen LogP contribution in [-0.2, 0) is 14.3 Å². The SMILES string of the molecule is CCOC(=O)C(C)COCCC(C)C. The third kappa shape index (κ3) is 6.89. The molecule has 0 saturated carbocycles. The van der Waals surface area contributed by atoms with Crippen molar-refractivity contribution in [3.8, 4) is 0 Å². The highest BCUT2D eigenvalue weighted by atomic mass is 16.5. The van der Waals surface area contributed by atoms with Crippen molar-refractivity contribution >= 4 is 5.97 Å². The zero-order valence-electron chi connectivity index (χ0n) is 9.71. The monoisotopic (exact) mass is 202 g/mol. The van der Waals surface area contributed by atoms with E-state index < -0.39 is 0 Å². The van der Waals surface area contributed by atoms with Gasteiger partial charge in [-0.15, -0.1) is 0 Å². The van der Waals surface area contributed by atoms with Crippen LogP contribution in [0.2, 0.25) is 0 Å². The maximum absolute atomic E-state index is 11.2. The smallest absolute Gasteiger partial charge is 0.310 e. The van der Waals surface area contributed by atoms with Gasteiger partial charge >= 0.3 is 5.97 Å². The van der Waals surface area contributed by atoms with Crippen LogP contribution in [0.15, 0.2) is 0 Å². The molecule has 0 bridgehead atoms. The number of esters is 1. The van der Waals surface area contributed by atoms with Crippen molar-refractivity contribution in [1.82, 2.24) is 0 Å². The molecule has 84 valence electrons. The molecule has 0 radical (unpaired) electrons. The number of hydrogen-bond acceptors (Lipinski definition) is 3. The predicted molar refractivity (Wildman–Crippen MR) is 56.1 cm³/mol. The van der Waals surface area contributed by atoms with Gasteiger partial charge in [-0.2, -0.15) is 0 Å². The summed E-state index contributed by atoms with van der Waals surface area (Å²) in [7, 11) is 0. The average Bonchev–Trinajstić information content (AvgIpc) is 2.12. The Kier molecular flexibility index (Phi) is 7.48. The largest absolute Gasteiger partial charge is 0.466 e. The second-order valence-corrected chi connectivity index (χ2v) is 3.91. The van der Waals surface area contributed by atoms with Gasteiger partial charge in [0, 0.05) is 6.61 Å². The van der Waals surface area contributed by atoms with Crippen LogP contribution < -0.4 is 0 Å². The van der Waals surface area contributed by atoms with Crippen LogP contribution in [0.1, 0.15) is 34.1 Å². The molecule has 0 spiro atoms. The zero-order chi connectivity index (χ0) is 11.0. The first-order valence-electron chi connectivity index (χ1n) is 5.32. The van der Waals surface area contributed by atoms with Crippen LogP contribution in [0.3, 0.4) is 0 Å². The molecule has 0 aromatic carbocycles. The van der Waals surface area contributed by atoms with E-state index in [9.17, 15) is 4.79 Å². The van der Waals surface area contributed by atoms with Gasteiger partial charge in [-0.25, -0.2) is 0 Å². The lowest BCUT2D eigenvalue weighted by Gasteiger charge is -2.11. The van der Waals surface area contributed by atoms with Gasteiger partial charge in [0.15, 0.2) is 0 Å². The molecule has 0 rings (SSSR count). The van der Waals surface area contributed by atoms with Crippen LogP contribution in [-0.4, -0.2) is 25.8 Å². The van der Waals surface area contributed by atoms with Crippen LogP contribution in [0.4, 0.5) is 0 Å². The van der Waals surface area contributed by atoms with E-state index in [4.69, 9.17) is 9.47 Å². The summed E-state index contributed by atoms with van der Waals surface area (Å²) in [5.41, 5.74) is 0. The molecule has 0 aromatic rings. The van der Waals surface area contributed by atoms with Gasteiger partial charge in [-0.1, -0.05) is 13.8 Å². The van der Waals surface area contributed by atoms with Gasteiger partial charge in [-0.05, 0) is 26.2 Å². The van der Waals surface area contributed by atoms with Crippen LogP contribution in [0.5, 0.6) is 0 Å². The lowest BCUT2D eigenvalue weighted by atomic mass is 10.1. The fraction of sp³-hybridized carbons (Fsp3) is 0.909. The predicted octanol–water partition coefficient (Wildman–Crippen LogP) is 2.25. The molecular weight excluding hydrogens is 180 g/mol. The lowest BCUT2D eigenvalue weighted by molar-refractivity contribution is -0.149. The lowest BCUT2D eigenvalue weighted by Crippen LogP contribution is -2.20. The van der Waals surface area contributed by atoms with Crippen molar-refractivity contribution in [2.45, 2.75) is 34.1 Å². The summed E-state index contributed by atoms with van der Waals surface area (Å²) in [6.45, 7) is 9.57. The Morgan fingerprint density at radius 3 is 2.43 bits per heavy atom. The molecule has 1 unspecified atom stereocenters. The number of rotatable bonds is 7. The summed E-state index contributed by atoms with van der Waals surface area (Å²) in [6, 6.07) is 0. The molecule has 0 saturated heterocycles. The van der Waals surface area contributed by atoms with E-state index in [0.717, 1.165) is 13.0 Å². The van der Waals surface area contributed by atoms with Crippen molar-refractivity contribution < 1.29 is 14.3 Å². The van der Waals surface area contributed by atoms with Gasteiger partial charge in [0.1, 0.15) is 0 Å². The molecule has 0 heterocycles. The zero-order valence-corrected chi connectivity index (χ0v) is 9.71. The minimum atomic E-state index is -0.169. The van der Waals surface area contributed by atoms with Crippen LogP contribution in [0.25, 0.3) is 0 Å². The first kappa shape index (κ1) is 13.4. The molecule has 0 aliphatic heterocycles. The van der Waals surface area contributed by atoms with Gasteiger partial charge in [0.05, 0.1) is 19.1 Å². The van der Waals surface area contributed by atoms with Crippen molar-refractivity contribution in [2.75, 3.05) is 19.8 Å². The third-order valence-electron chi connectivity index (χ3n) is 1.90. The second kappa shape index (κ2) is 7.80. The minimum absolute atomic E-state index is 0.151. The molecule has 0 fully saturated rings. The highest BCUT2D eigenvalue weighted by molar-refractivity contribution is 5.72. The van der Waals surface area contributed by atoms with E-state index in [1.165, 1.54) is 0 Å². The van der Waals surface area contributed by atoms with Crippen LogP contribution in [0, 0.1) is 11.8 Å². The quantitative estimate of drug-likeness (QED) is 0.469. The second-order valence-electron chi connectivity index (χ2n) is 3.91. The molecule has 14 heavy (non-hydrogen) atoms. The fourth-order valence-electron chi connectivity index (χ4n) is 0.932. The Balaban J connectivity index is 3.43. The van der Waals surface area contributed by atoms with E-state index in [2.05, 4.69) is 13.8 Å².